The van der Waals surface area contributed by atoms with Gasteiger partial charge in [-0.3, -0.25) is 4.90 Å². The standard InChI is InChI=1S/C17H30N2O2/c1-5-16(18)17(15-9-7-6-8-14(15)2)19(10-12-20-3)11-13-21-4/h6-9,16-17H,5,10-13,18H2,1-4H3. The molecule has 0 aromatic heterocycles. The van der Waals surface area contributed by atoms with Crippen molar-refractivity contribution in [3.05, 3.63) is 35.4 Å². The van der Waals surface area contributed by atoms with Crippen LogP contribution in [0.5, 0.6) is 0 Å². The largest absolute Gasteiger partial charge is 0.383 e. The monoisotopic (exact) mass is 294 g/mol. The van der Waals surface area contributed by atoms with E-state index < -0.39 is 0 Å². The van der Waals surface area contributed by atoms with E-state index in [2.05, 4.69) is 43.0 Å². The third-order valence-corrected chi connectivity index (χ3v) is 3.94. The van der Waals surface area contributed by atoms with Gasteiger partial charge in [-0.15, -0.1) is 0 Å². The van der Waals surface area contributed by atoms with Crippen LogP contribution in [0.4, 0.5) is 0 Å². The van der Waals surface area contributed by atoms with E-state index in [1.807, 2.05) is 0 Å². The molecule has 2 N–H and O–H groups in total. The summed E-state index contributed by atoms with van der Waals surface area (Å²) in [7, 11) is 3.47. The fraction of sp³-hybridized carbons (Fsp3) is 0.647. The Bertz CT molecular complexity index is 390. The second-order valence-corrected chi connectivity index (χ2v) is 5.40. The van der Waals surface area contributed by atoms with E-state index in [9.17, 15) is 0 Å². The summed E-state index contributed by atoms with van der Waals surface area (Å²) in [6.07, 6.45) is 0.940. The van der Waals surface area contributed by atoms with Gasteiger partial charge in [0.2, 0.25) is 0 Å². The normalized spacial score (nSPS) is 14.4. The average molecular weight is 294 g/mol. The molecule has 0 aliphatic rings. The molecule has 1 aromatic rings. The molecule has 0 aliphatic heterocycles. The summed E-state index contributed by atoms with van der Waals surface area (Å²) in [5.74, 6) is 0. The van der Waals surface area contributed by atoms with Crippen LogP contribution in [-0.4, -0.2) is 51.5 Å². The predicted molar refractivity (Wildman–Crippen MR) is 87.5 cm³/mol. The fourth-order valence-electron chi connectivity index (χ4n) is 2.65. The van der Waals surface area contributed by atoms with Crippen molar-refractivity contribution in [2.75, 3.05) is 40.5 Å². The lowest BCUT2D eigenvalue weighted by Crippen LogP contribution is -2.44. The van der Waals surface area contributed by atoms with Gasteiger partial charge in [0.05, 0.1) is 19.3 Å². The van der Waals surface area contributed by atoms with Crippen molar-refractivity contribution in [2.45, 2.75) is 32.4 Å². The van der Waals surface area contributed by atoms with Gasteiger partial charge in [-0.1, -0.05) is 31.2 Å². The lowest BCUT2D eigenvalue weighted by Gasteiger charge is -2.36. The molecule has 0 aliphatic carbocycles. The summed E-state index contributed by atoms with van der Waals surface area (Å²) < 4.78 is 10.5. The van der Waals surface area contributed by atoms with Gasteiger partial charge in [-0.25, -0.2) is 0 Å². The molecule has 4 nitrogen and oxygen atoms in total. The van der Waals surface area contributed by atoms with E-state index in [0.717, 1.165) is 19.5 Å². The Morgan fingerprint density at radius 3 is 2.14 bits per heavy atom. The SMILES string of the molecule is CCC(N)C(c1ccccc1C)N(CCOC)CCOC. The highest BCUT2D eigenvalue weighted by atomic mass is 16.5. The van der Waals surface area contributed by atoms with Gasteiger partial charge < -0.3 is 15.2 Å². The van der Waals surface area contributed by atoms with Crippen molar-refractivity contribution in [1.82, 2.24) is 4.90 Å². The molecule has 21 heavy (non-hydrogen) atoms. The lowest BCUT2D eigenvalue weighted by atomic mass is 9.93. The third-order valence-electron chi connectivity index (χ3n) is 3.94. The van der Waals surface area contributed by atoms with Crippen molar-refractivity contribution in [3.63, 3.8) is 0 Å². The average Bonchev–Trinajstić information content (AvgIpc) is 2.51. The van der Waals surface area contributed by atoms with Crippen LogP contribution in [0, 0.1) is 6.92 Å². The fourth-order valence-corrected chi connectivity index (χ4v) is 2.65. The zero-order valence-corrected chi connectivity index (χ0v) is 13.8. The van der Waals surface area contributed by atoms with E-state index in [4.69, 9.17) is 15.2 Å². The highest BCUT2D eigenvalue weighted by molar-refractivity contribution is 5.30. The van der Waals surface area contributed by atoms with Crippen molar-refractivity contribution in [2.24, 2.45) is 5.73 Å². The molecular formula is C17H30N2O2. The summed E-state index contributed by atoms with van der Waals surface area (Å²) in [6.45, 7) is 7.39. The van der Waals surface area contributed by atoms with Gasteiger partial charge in [-0.05, 0) is 24.5 Å². The minimum absolute atomic E-state index is 0.0970. The highest BCUT2D eigenvalue weighted by Crippen LogP contribution is 2.27. The molecule has 0 amide bonds. The van der Waals surface area contributed by atoms with Crippen LogP contribution in [0.3, 0.4) is 0 Å². The van der Waals surface area contributed by atoms with Gasteiger partial charge in [0.1, 0.15) is 0 Å². The Balaban J connectivity index is 3.04. The zero-order chi connectivity index (χ0) is 15.7. The number of hydrogen-bond donors (Lipinski definition) is 1. The molecular weight excluding hydrogens is 264 g/mol. The highest BCUT2D eigenvalue weighted by Gasteiger charge is 2.26. The zero-order valence-electron chi connectivity index (χ0n) is 13.8. The number of hydrogen-bond acceptors (Lipinski definition) is 4. The first-order chi connectivity index (χ1) is 10.2. The van der Waals surface area contributed by atoms with Crippen LogP contribution in [0.25, 0.3) is 0 Å². The van der Waals surface area contributed by atoms with E-state index in [1.54, 1.807) is 14.2 Å². The molecule has 0 heterocycles. The molecule has 1 aromatic carbocycles. The number of nitrogens with two attached hydrogens (primary N) is 1. The van der Waals surface area contributed by atoms with Crippen molar-refractivity contribution in [1.29, 1.82) is 0 Å². The predicted octanol–water partition coefficient (Wildman–Crippen LogP) is 2.37. The Morgan fingerprint density at radius 2 is 1.67 bits per heavy atom. The lowest BCUT2D eigenvalue weighted by molar-refractivity contribution is 0.0773. The molecule has 120 valence electrons. The van der Waals surface area contributed by atoms with Gasteiger partial charge in [0, 0.05) is 33.4 Å². The summed E-state index contributed by atoms with van der Waals surface area (Å²) in [4.78, 5) is 2.38. The first-order valence-electron chi connectivity index (χ1n) is 7.68. The van der Waals surface area contributed by atoms with Gasteiger partial charge in [-0.2, -0.15) is 0 Å². The number of rotatable bonds is 10. The van der Waals surface area contributed by atoms with Crippen LogP contribution < -0.4 is 5.73 Å². The number of aryl methyl sites for hydroxylation is 1. The first-order valence-corrected chi connectivity index (χ1v) is 7.68. The Labute approximate surface area is 129 Å². The molecule has 0 bridgehead atoms. The molecule has 1 rings (SSSR count). The molecule has 0 saturated carbocycles. The van der Waals surface area contributed by atoms with E-state index in [-0.39, 0.29) is 12.1 Å². The summed E-state index contributed by atoms with van der Waals surface area (Å²) in [5.41, 5.74) is 9.03. The number of benzene rings is 1. The number of nitrogens with zero attached hydrogens (tertiary/aromatic N) is 1. The Morgan fingerprint density at radius 1 is 1.10 bits per heavy atom. The van der Waals surface area contributed by atoms with Crippen molar-refractivity contribution >= 4 is 0 Å². The summed E-state index contributed by atoms with van der Waals surface area (Å²) in [5, 5.41) is 0. The minimum Gasteiger partial charge on any atom is -0.383 e. The van der Waals surface area contributed by atoms with Crippen LogP contribution in [0.1, 0.15) is 30.5 Å². The summed E-state index contributed by atoms with van der Waals surface area (Å²) >= 11 is 0. The van der Waals surface area contributed by atoms with Gasteiger partial charge in [0.15, 0.2) is 0 Å². The van der Waals surface area contributed by atoms with Crippen molar-refractivity contribution < 1.29 is 9.47 Å². The number of ether oxygens (including phenoxy) is 2. The minimum atomic E-state index is 0.0970. The van der Waals surface area contributed by atoms with Crippen LogP contribution >= 0.6 is 0 Å². The van der Waals surface area contributed by atoms with Crippen LogP contribution in [-0.2, 0) is 9.47 Å². The number of methoxy groups -OCH3 is 2. The molecule has 2 unspecified atom stereocenters. The summed E-state index contributed by atoms with van der Waals surface area (Å²) in [6, 6.07) is 8.78. The van der Waals surface area contributed by atoms with E-state index >= 15 is 0 Å². The molecule has 2 atom stereocenters. The van der Waals surface area contributed by atoms with Gasteiger partial charge in [0.25, 0.3) is 0 Å². The van der Waals surface area contributed by atoms with E-state index in [1.165, 1.54) is 11.1 Å². The maximum absolute atomic E-state index is 6.44. The van der Waals surface area contributed by atoms with Gasteiger partial charge >= 0.3 is 0 Å². The molecule has 0 saturated heterocycles. The molecule has 0 fully saturated rings. The second kappa shape index (κ2) is 9.90. The molecule has 0 spiro atoms. The maximum Gasteiger partial charge on any atom is 0.0589 e. The molecule has 4 heteroatoms. The second-order valence-electron chi connectivity index (χ2n) is 5.40. The van der Waals surface area contributed by atoms with E-state index in [0.29, 0.717) is 13.2 Å². The molecule has 0 radical (unpaired) electrons. The third kappa shape index (κ3) is 5.40. The maximum atomic E-state index is 6.44. The smallest absolute Gasteiger partial charge is 0.0589 e. The quantitative estimate of drug-likeness (QED) is 0.720. The first kappa shape index (κ1) is 18.1. The Kier molecular flexibility index (Phi) is 8.54. The van der Waals surface area contributed by atoms with Crippen LogP contribution in [0.2, 0.25) is 0 Å². The Hall–Kier alpha value is -0.940. The topological polar surface area (TPSA) is 47.7 Å². The van der Waals surface area contributed by atoms with Crippen molar-refractivity contribution in [3.8, 4) is 0 Å². The van der Waals surface area contributed by atoms with Crippen LogP contribution in [0.15, 0.2) is 24.3 Å².